The summed E-state index contributed by atoms with van der Waals surface area (Å²) in [5, 5.41) is 3.31. The van der Waals surface area contributed by atoms with Crippen molar-refractivity contribution in [1.29, 1.82) is 0 Å². The molecule has 0 aliphatic rings. The van der Waals surface area contributed by atoms with Crippen LogP contribution in [0.15, 0.2) is 35.3 Å². The van der Waals surface area contributed by atoms with E-state index >= 15 is 0 Å². The number of aliphatic imine (C=N–C) groups is 1. The molecule has 92 valence electrons. The molecule has 0 atom stereocenters. The van der Waals surface area contributed by atoms with E-state index in [2.05, 4.69) is 22.0 Å². The first-order chi connectivity index (χ1) is 8.67. The molecule has 1 heterocycles. The number of rotatable bonds is 3. The highest BCUT2D eigenvalue weighted by atomic mass is 35.5. The lowest BCUT2D eigenvalue weighted by molar-refractivity contribution is 0.631. The van der Waals surface area contributed by atoms with E-state index in [1.165, 1.54) is 6.07 Å². The Balaban J connectivity index is 2.64. The molecule has 0 aliphatic heterocycles. The topological polar surface area (TPSA) is 37.3 Å². The predicted molar refractivity (Wildman–Crippen MR) is 73.4 cm³/mol. The van der Waals surface area contributed by atoms with E-state index in [-0.39, 0.29) is 5.82 Å². The van der Waals surface area contributed by atoms with Gasteiger partial charge in [0.2, 0.25) is 0 Å². The van der Waals surface area contributed by atoms with Gasteiger partial charge in [-0.3, -0.25) is 0 Å². The Morgan fingerprint density at radius 2 is 2.11 bits per heavy atom. The molecule has 18 heavy (non-hydrogen) atoms. The van der Waals surface area contributed by atoms with Crippen molar-refractivity contribution < 1.29 is 4.39 Å². The Morgan fingerprint density at radius 1 is 1.39 bits per heavy atom. The van der Waals surface area contributed by atoms with E-state index < -0.39 is 0 Å². The lowest BCUT2D eigenvalue weighted by Gasteiger charge is -2.09. The van der Waals surface area contributed by atoms with Gasteiger partial charge in [0.25, 0.3) is 0 Å². The molecule has 3 nitrogen and oxygen atoms in total. The molecular weight excluding hydrogens is 253 g/mol. The zero-order chi connectivity index (χ0) is 13.1. The number of hydrogen-bond acceptors (Lipinski definition) is 3. The summed E-state index contributed by atoms with van der Waals surface area (Å²) in [6.07, 6.45) is 0. The van der Waals surface area contributed by atoms with Crippen molar-refractivity contribution in [3.05, 3.63) is 41.2 Å². The minimum Gasteiger partial charge on any atom is -0.384 e. The Morgan fingerprint density at radius 3 is 2.72 bits per heavy atom. The van der Waals surface area contributed by atoms with E-state index in [9.17, 15) is 4.39 Å². The largest absolute Gasteiger partial charge is 0.384 e. The van der Waals surface area contributed by atoms with Crippen molar-refractivity contribution in [2.24, 2.45) is 4.99 Å². The van der Waals surface area contributed by atoms with Crippen LogP contribution >= 0.6 is 11.6 Å². The monoisotopic (exact) mass is 263 g/mol. The number of aromatic nitrogens is 1. The third kappa shape index (κ3) is 2.19. The Labute approximate surface area is 109 Å². The minimum absolute atomic E-state index is 0.350. The summed E-state index contributed by atoms with van der Waals surface area (Å²) in [4.78, 5) is 8.03. The van der Waals surface area contributed by atoms with Crippen LogP contribution in [0.2, 0.25) is 5.02 Å². The van der Waals surface area contributed by atoms with E-state index in [1.54, 1.807) is 31.3 Å². The van der Waals surface area contributed by atoms with Gasteiger partial charge in [0.1, 0.15) is 5.82 Å². The molecule has 2 rings (SSSR count). The number of nitrogens with one attached hydrogen (secondary N) is 1. The zero-order valence-corrected chi connectivity index (χ0v) is 10.5. The summed E-state index contributed by atoms with van der Waals surface area (Å²) in [6.45, 7) is 3.43. The molecule has 0 amide bonds. The fourth-order valence-electron chi connectivity index (χ4n) is 1.65. The summed E-state index contributed by atoms with van der Waals surface area (Å²) >= 11 is 6.10. The van der Waals surface area contributed by atoms with Crippen molar-refractivity contribution in [1.82, 2.24) is 4.98 Å². The first-order valence-corrected chi connectivity index (χ1v) is 5.65. The van der Waals surface area contributed by atoms with Crippen LogP contribution in [0.5, 0.6) is 0 Å². The van der Waals surface area contributed by atoms with Crippen LogP contribution in [0.3, 0.4) is 0 Å². The second kappa shape index (κ2) is 5.14. The van der Waals surface area contributed by atoms with Crippen molar-refractivity contribution in [3.63, 3.8) is 0 Å². The molecule has 2 aromatic rings. The van der Waals surface area contributed by atoms with Gasteiger partial charge in [-0.05, 0) is 24.9 Å². The van der Waals surface area contributed by atoms with Gasteiger partial charge in [-0.15, -0.1) is 0 Å². The normalized spacial score (nSPS) is 10.2. The minimum atomic E-state index is -0.353. The fourth-order valence-corrected chi connectivity index (χ4v) is 1.94. The van der Waals surface area contributed by atoms with E-state index in [4.69, 9.17) is 11.6 Å². The quantitative estimate of drug-likeness (QED) is 0.853. The number of benzene rings is 1. The lowest BCUT2D eigenvalue weighted by Crippen LogP contribution is -1.95. The molecule has 1 aromatic carbocycles. The maximum absolute atomic E-state index is 13.7. The predicted octanol–water partition coefficient (Wildman–Crippen LogP) is 3.91. The van der Waals surface area contributed by atoms with Crippen molar-refractivity contribution in [3.8, 4) is 11.3 Å². The van der Waals surface area contributed by atoms with E-state index in [1.807, 2.05) is 0 Å². The van der Waals surface area contributed by atoms with Crippen LogP contribution < -0.4 is 5.32 Å². The van der Waals surface area contributed by atoms with Crippen molar-refractivity contribution >= 4 is 29.8 Å². The molecule has 5 heteroatoms. The van der Waals surface area contributed by atoms with Crippen LogP contribution in [0.1, 0.15) is 0 Å². The Bertz CT molecular complexity index is 599. The third-order valence-corrected chi connectivity index (χ3v) is 2.80. The van der Waals surface area contributed by atoms with E-state index in [0.29, 0.717) is 27.8 Å². The molecule has 1 N–H and O–H groups in total. The zero-order valence-electron chi connectivity index (χ0n) is 9.74. The molecule has 0 saturated carbocycles. The average molecular weight is 264 g/mol. The molecule has 0 radical (unpaired) electrons. The van der Waals surface area contributed by atoms with Gasteiger partial charge in [0.15, 0.2) is 5.82 Å². The van der Waals surface area contributed by atoms with Crippen LogP contribution in [0.25, 0.3) is 11.3 Å². The van der Waals surface area contributed by atoms with Crippen molar-refractivity contribution in [2.45, 2.75) is 0 Å². The molecule has 0 aliphatic carbocycles. The first-order valence-electron chi connectivity index (χ1n) is 5.27. The first kappa shape index (κ1) is 12.5. The van der Waals surface area contributed by atoms with Gasteiger partial charge >= 0.3 is 0 Å². The average Bonchev–Trinajstić information content (AvgIpc) is 2.38. The number of nitrogens with zero attached hydrogens (tertiary/aromatic N) is 2. The standard InChI is InChI=1S/C13H11ClFN3/c1-16-12-9(14)7-11(18-13(12)17-2)8-5-3-4-6-10(8)15/h3-7,16H,2H2,1H3. The number of pyridine rings is 1. The van der Waals surface area contributed by atoms with Gasteiger partial charge in [0.05, 0.1) is 16.4 Å². The summed E-state index contributed by atoms with van der Waals surface area (Å²) in [5.74, 6) is -0.00320. The van der Waals surface area contributed by atoms with Gasteiger partial charge in [-0.25, -0.2) is 14.4 Å². The second-order valence-corrected chi connectivity index (χ2v) is 3.98. The van der Waals surface area contributed by atoms with Gasteiger partial charge in [-0.2, -0.15) is 0 Å². The maximum atomic E-state index is 13.7. The molecule has 0 fully saturated rings. The van der Waals surface area contributed by atoms with Crippen LogP contribution in [-0.4, -0.2) is 18.7 Å². The summed E-state index contributed by atoms with van der Waals surface area (Å²) in [7, 11) is 1.71. The van der Waals surface area contributed by atoms with E-state index in [0.717, 1.165) is 0 Å². The smallest absolute Gasteiger partial charge is 0.177 e. The maximum Gasteiger partial charge on any atom is 0.177 e. The number of anilines is 1. The molecule has 1 aromatic heterocycles. The second-order valence-electron chi connectivity index (χ2n) is 3.58. The van der Waals surface area contributed by atoms with Gasteiger partial charge < -0.3 is 5.32 Å². The fraction of sp³-hybridized carbons (Fsp3) is 0.0769. The molecule has 0 spiro atoms. The van der Waals surface area contributed by atoms with Crippen molar-refractivity contribution in [2.75, 3.05) is 12.4 Å². The number of hydrogen-bond donors (Lipinski definition) is 1. The molecular formula is C13H11ClFN3. The van der Waals surface area contributed by atoms with Crippen LogP contribution in [0, 0.1) is 5.82 Å². The van der Waals surface area contributed by atoms with Gasteiger partial charge in [0, 0.05) is 12.6 Å². The Kier molecular flexibility index (Phi) is 3.58. The highest BCUT2D eigenvalue weighted by Crippen LogP contribution is 2.34. The van der Waals surface area contributed by atoms with Crippen LogP contribution in [-0.2, 0) is 0 Å². The molecule has 0 unspecified atom stereocenters. The summed E-state index contributed by atoms with van der Waals surface area (Å²) in [6, 6.07) is 7.97. The highest BCUT2D eigenvalue weighted by Gasteiger charge is 2.12. The van der Waals surface area contributed by atoms with Gasteiger partial charge in [-0.1, -0.05) is 23.7 Å². The number of halogens is 2. The third-order valence-electron chi connectivity index (χ3n) is 2.50. The highest BCUT2D eigenvalue weighted by molar-refractivity contribution is 6.34. The Hall–Kier alpha value is -1.94. The SMILES string of the molecule is C=Nc1nc(-c2ccccc2F)cc(Cl)c1NC. The lowest BCUT2D eigenvalue weighted by atomic mass is 10.1. The molecule has 0 bridgehead atoms. The summed E-state index contributed by atoms with van der Waals surface area (Å²) < 4.78 is 13.7. The van der Waals surface area contributed by atoms with Crippen LogP contribution in [0.4, 0.5) is 15.9 Å². The summed E-state index contributed by atoms with van der Waals surface area (Å²) in [5.41, 5.74) is 1.39. The molecule has 0 saturated heterocycles.